The molecule has 21 heavy (non-hydrogen) atoms. The van der Waals surface area contributed by atoms with Crippen molar-refractivity contribution in [3.05, 3.63) is 60.2 Å². The molecular formula is C18H21NO2. The molecule has 0 aromatic heterocycles. The van der Waals surface area contributed by atoms with E-state index < -0.39 is 0 Å². The summed E-state index contributed by atoms with van der Waals surface area (Å²) in [5.74, 6) is -0.0599. The molecule has 0 fully saturated rings. The molecule has 1 N–H and O–H groups in total. The lowest BCUT2D eigenvalue weighted by atomic mass is 9.98. The van der Waals surface area contributed by atoms with Crippen LogP contribution in [0.3, 0.4) is 0 Å². The quantitative estimate of drug-likeness (QED) is 0.915. The molecule has 0 bridgehead atoms. The van der Waals surface area contributed by atoms with Crippen molar-refractivity contribution in [2.24, 2.45) is 0 Å². The number of aliphatic hydroxyl groups is 1. The minimum atomic E-state index is -0.152. The first-order valence-corrected chi connectivity index (χ1v) is 7.21. The van der Waals surface area contributed by atoms with Gasteiger partial charge in [-0.3, -0.25) is 4.79 Å². The summed E-state index contributed by atoms with van der Waals surface area (Å²) in [5, 5.41) is 9.38. The van der Waals surface area contributed by atoms with Gasteiger partial charge >= 0.3 is 0 Å². The van der Waals surface area contributed by atoms with E-state index in [0.29, 0.717) is 5.56 Å². The molecule has 2 aromatic rings. The van der Waals surface area contributed by atoms with E-state index in [1.165, 1.54) is 0 Å². The van der Waals surface area contributed by atoms with E-state index in [1.807, 2.05) is 61.5 Å². The summed E-state index contributed by atoms with van der Waals surface area (Å²) in [6.45, 7) is 1.94. The largest absolute Gasteiger partial charge is 0.394 e. The normalized spacial score (nSPS) is 12.0. The Morgan fingerprint density at radius 1 is 1.10 bits per heavy atom. The first-order valence-electron chi connectivity index (χ1n) is 7.21. The fourth-order valence-electron chi connectivity index (χ4n) is 2.42. The predicted octanol–water partition coefficient (Wildman–Crippen LogP) is 3.20. The highest BCUT2D eigenvalue weighted by Gasteiger charge is 2.21. The summed E-state index contributed by atoms with van der Waals surface area (Å²) in [6, 6.07) is 17.3. The molecule has 1 unspecified atom stereocenters. The highest BCUT2D eigenvalue weighted by Crippen LogP contribution is 2.24. The van der Waals surface area contributed by atoms with E-state index >= 15 is 0 Å². The van der Waals surface area contributed by atoms with Crippen LogP contribution in [0, 0.1) is 0 Å². The minimum Gasteiger partial charge on any atom is -0.394 e. The molecule has 2 rings (SSSR count). The van der Waals surface area contributed by atoms with Crippen molar-refractivity contribution in [2.75, 3.05) is 13.7 Å². The summed E-state index contributed by atoms with van der Waals surface area (Å²) >= 11 is 0. The molecule has 0 saturated carbocycles. The van der Waals surface area contributed by atoms with Crippen LogP contribution in [0.1, 0.15) is 23.7 Å². The number of aliphatic hydroxyl groups excluding tert-OH is 1. The lowest BCUT2D eigenvalue weighted by Gasteiger charge is -2.26. The zero-order valence-corrected chi connectivity index (χ0v) is 12.5. The fraction of sp³-hybridized carbons (Fsp3) is 0.278. The first kappa shape index (κ1) is 15.3. The Labute approximate surface area is 125 Å². The van der Waals surface area contributed by atoms with Gasteiger partial charge < -0.3 is 10.0 Å². The molecule has 0 spiro atoms. The topological polar surface area (TPSA) is 40.5 Å². The third-order valence-corrected chi connectivity index (χ3v) is 3.79. The maximum absolute atomic E-state index is 12.7. The average Bonchev–Trinajstić information content (AvgIpc) is 2.56. The number of amides is 1. The van der Waals surface area contributed by atoms with Crippen LogP contribution in [-0.2, 0) is 0 Å². The zero-order chi connectivity index (χ0) is 15.2. The molecule has 0 aliphatic heterocycles. The van der Waals surface area contributed by atoms with Gasteiger partial charge in [0.1, 0.15) is 0 Å². The van der Waals surface area contributed by atoms with Gasteiger partial charge in [-0.05, 0) is 23.6 Å². The van der Waals surface area contributed by atoms with E-state index in [2.05, 4.69) is 0 Å². The maximum atomic E-state index is 12.7. The SMILES string of the molecule is CCC(CO)N(C)C(=O)c1ccccc1-c1ccccc1. The predicted molar refractivity (Wildman–Crippen MR) is 85.1 cm³/mol. The van der Waals surface area contributed by atoms with Crippen LogP contribution >= 0.6 is 0 Å². The van der Waals surface area contributed by atoms with Crippen molar-refractivity contribution < 1.29 is 9.90 Å². The first-order chi connectivity index (χ1) is 10.2. The van der Waals surface area contributed by atoms with Gasteiger partial charge in [0, 0.05) is 12.6 Å². The molecule has 0 radical (unpaired) electrons. The molecule has 110 valence electrons. The second-order valence-corrected chi connectivity index (χ2v) is 5.07. The number of hydrogen-bond acceptors (Lipinski definition) is 2. The van der Waals surface area contributed by atoms with Gasteiger partial charge in [0.2, 0.25) is 0 Å². The monoisotopic (exact) mass is 283 g/mol. The standard InChI is InChI=1S/C18H21NO2/c1-3-15(13-20)19(2)18(21)17-12-8-7-11-16(17)14-9-5-4-6-10-14/h4-12,15,20H,3,13H2,1-2H3. The number of benzene rings is 2. The highest BCUT2D eigenvalue weighted by atomic mass is 16.3. The Morgan fingerprint density at radius 2 is 1.71 bits per heavy atom. The van der Waals surface area contributed by atoms with Gasteiger partial charge in [-0.25, -0.2) is 0 Å². The Balaban J connectivity index is 2.39. The van der Waals surface area contributed by atoms with Crippen LogP contribution < -0.4 is 0 Å². The van der Waals surface area contributed by atoms with E-state index in [0.717, 1.165) is 17.5 Å². The van der Waals surface area contributed by atoms with Crippen molar-refractivity contribution in [1.29, 1.82) is 0 Å². The number of carbonyl (C=O) groups is 1. The summed E-state index contributed by atoms with van der Waals surface area (Å²) in [5.41, 5.74) is 2.60. The van der Waals surface area contributed by atoms with Gasteiger partial charge in [0.15, 0.2) is 0 Å². The van der Waals surface area contributed by atoms with E-state index in [1.54, 1.807) is 11.9 Å². The van der Waals surface area contributed by atoms with E-state index in [4.69, 9.17) is 0 Å². The lowest BCUT2D eigenvalue weighted by molar-refractivity contribution is 0.0655. The van der Waals surface area contributed by atoms with Crippen LogP contribution in [0.5, 0.6) is 0 Å². The molecule has 2 aromatic carbocycles. The second kappa shape index (κ2) is 7.04. The molecule has 3 heteroatoms. The van der Waals surface area contributed by atoms with Crippen LogP contribution in [-0.4, -0.2) is 35.6 Å². The van der Waals surface area contributed by atoms with Crippen LogP contribution in [0.2, 0.25) is 0 Å². The molecule has 1 amide bonds. The van der Waals surface area contributed by atoms with Crippen molar-refractivity contribution in [3.8, 4) is 11.1 Å². The molecule has 0 saturated heterocycles. The van der Waals surface area contributed by atoms with E-state index in [9.17, 15) is 9.90 Å². The summed E-state index contributed by atoms with van der Waals surface area (Å²) in [7, 11) is 1.74. The van der Waals surface area contributed by atoms with Gasteiger partial charge in [-0.1, -0.05) is 55.5 Å². The highest BCUT2D eigenvalue weighted by molar-refractivity contribution is 6.00. The van der Waals surface area contributed by atoms with Crippen LogP contribution in [0.4, 0.5) is 0 Å². The lowest BCUT2D eigenvalue weighted by Crippen LogP contribution is -2.39. The van der Waals surface area contributed by atoms with Crippen LogP contribution in [0.15, 0.2) is 54.6 Å². The molecule has 0 aliphatic rings. The zero-order valence-electron chi connectivity index (χ0n) is 12.5. The minimum absolute atomic E-state index is 0.0216. The Bertz CT molecular complexity index is 591. The Morgan fingerprint density at radius 3 is 2.33 bits per heavy atom. The summed E-state index contributed by atoms with van der Waals surface area (Å²) < 4.78 is 0. The molecule has 3 nitrogen and oxygen atoms in total. The summed E-state index contributed by atoms with van der Waals surface area (Å²) in [4.78, 5) is 14.3. The molecular weight excluding hydrogens is 262 g/mol. The van der Waals surface area contributed by atoms with Gasteiger partial charge in [0.25, 0.3) is 5.91 Å². The number of carbonyl (C=O) groups excluding carboxylic acids is 1. The number of nitrogens with zero attached hydrogens (tertiary/aromatic N) is 1. The summed E-state index contributed by atoms with van der Waals surface area (Å²) in [6.07, 6.45) is 0.728. The number of likely N-dealkylation sites (N-methyl/N-ethyl adjacent to an activating group) is 1. The van der Waals surface area contributed by atoms with Gasteiger partial charge in [0.05, 0.1) is 12.6 Å². The smallest absolute Gasteiger partial charge is 0.254 e. The maximum Gasteiger partial charge on any atom is 0.254 e. The van der Waals surface area contributed by atoms with E-state index in [-0.39, 0.29) is 18.6 Å². The Kier molecular flexibility index (Phi) is 5.12. The van der Waals surface area contributed by atoms with Gasteiger partial charge in [-0.15, -0.1) is 0 Å². The Hall–Kier alpha value is -2.13. The van der Waals surface area contributed by atoms with Crippen molar-refractivity contribution in [1.82, 2.24) is 4.90 Å². The third-order valence-electron chi connectivity index (χ3n) is 3.79. The van der Waals surface area contributed by atoms with Gasteiger partial charge in [-0.2, -0.15) is 0 Å². The number of hydrogen-bond donors (Lipinski definition) is 1. The molecule has 1 atom stereocenters. The molecule has 0 heterocycles. The second-order valence-electron chi connectivity index (χ2n) is 5.07. The van der Waals surface area contributed by atoms with Crippen molar-refractivity contribution in [2.45, 2.75) is 19.4 Å². The van der Waals surface area contributed by atoms with Crippen LogP contribution in [0.25, 0.3) is 11.1 Å². The van der Waals surface area contributed by atoms with Crippen molar-refractivity contribution in [3.63, 3.8) is 0 Å². The average molecular weight is 283 g/mol. The number of rotatable bonds is 5. The molecule has 0 aliphatic carbocycles. The third kappa shape index (κ3) is 3.31. The van der Waals surface area contributed by atoms with Crippen molar-refractivity contribution >= 4 is 5.91 Å². The fourth-order valence-corrected chi connectivity index (χ4v) is 2.42.